The van der Waals surface area contributed by atoms with Gasteiger partial charge in [-0.15, -0.1) is 0 Å². The lowest BCUT2D eigenvalue weighted by molar-refractivity contribution is 0.748. The molecule has 13 aromatic carbocycles. The molecule has 1 aliphatic heterocycles. The van der Waals surface area contributed by atoms with Gasteiger partial charge < -0.3 is 14.0 Å². The Labute approximate surface area is 481 Å². The molecule has 0 bridgehead atoms. The zero-order valence-electron chi connectivity index (χ0n) is 45.3. The van der Waals surface area contributed by atoms with E-state index in [1.54, 1.807) is 0 Å². The van der Waals surface area contributed by atoms with Crippen LogP contribution in [-0.4, -0.2) is 9.13 Å². The molecule has 3 aliphatic rings. The molecular weight excluding hydrogens is 1000 g/mol. The van der Waals surface area contributed by atoms with E-state index in [2.05, 4.69) is 323 Å². The largest absolute Gasteiger partial charge is 0.309 e. The Bertz CT molecular complexity index is 5110. The number of benzene rings is 13. The summed E-state index contributed by atoms with van der Waals surface area (Å²) in [7, 11) is 0. The molecule has 0 amide bonds. The minimum absolute atomic E-state index is 0.584. The predicted molar refractivity (Wildman–Crippen MR) is 343 cm³/mol. The summed E-state index contributed by atoms with van der Waals surface area (Å²) < 4.78 is 4.95. The van der Waals surface area contributed by atoms with Crippen LogP contribution in [0.4, 0.5) is 17.1 Å². The molecule has 3 heteroatoms. The summed E-state index contributed by atoms with van der Waals surface area (Å²) in [5.41, 5.74) is 26.9. The van der Waals surface area contributed by atoms with E-state index < -0.39 is 10.8 Å². The van der Waals surface area contributed by atoms with Crippen molar-refractivity contribution in [3.63, 3.8) is 0 Å². The zero-order chi connectivity index (χ0) is 54.4. The van der Waals surface area contributed by atoms with Crippen LogP contribution in [0.1, 0.15) is 44.5 Å². The number of para-hydroxylation sites is 5. The van der Waals surface area contributed by atoms with Crippen molar-refractivity contribution in [3.05, 3.63) is 354 Å². The van der Waals surface area contributed by atoms with E-state index in [-0.39, 0.29) is 0 Å². The Morgan fingerprint density at radius 2 is 0.735 bits per heavy atom. The van der Waals surface area contributed by atoms with E-state index in [1.807, 2.05) is 0 Å². The molecule has 386 valence electrons. The first-order valence-electron chi connectivity index (χ1n) is 28.9. The smallest absolute Gasteiger partial charge is 0.0755 e. The molecule has 18 rings (SSSR count). The van der Waals surface area contributed by atoms with Crippen molar-refractivity contribution in [1.82, 2.24) is 9.13 Å². The Morgan fingerprint density at radius 1 is 0.277 bits per heavy atom. The highest BCUT2D eigenvalue weighted by Gasteiger charge is 2.53. The molecule has 0 N–H and O–H groups in total. The van der Waals surface area contributed by atoms with Gasteiger partial charge in [-0.2, -0.15) is 0 Å². The molecule has 2 aliphatic carbocycles. The summed E-state index contributed by atoms with van der Waals surface area (Å²) >= 11 is 0. The monoisotopic (exact) mass is 1050 g/mol. The molecule has 83 heavy (non-hydrogen) atoms. The second-order valence-corrected chi connectivity index (χ2v) is 22.6. The fraction of sp³-hybridized carbons (Fsp3) is 0.0250. The van der Waals surface area contributed by atoms with Gasteiger partial charge >= 0.3 is 0 Å². The summed E-state index contributed by atoms with van der Waals surface area (Å²) in [6, 6.07) is 116. The highest BCUT2D eigenvalue weighted by molar-refractivity contribution is 6.14. The minimum Gasteiger partial charge on any atom is -0.309 e. The Balaban J connectivity index is 0.913. The van der Waals surface area contributed by atoms with Crippen molar-refractivity contribution in [2.24, 2.45) is 0 Å². The van der Waals surface area contributed by atoms with Crippen molar-refractivity contribution in [2.75, 3.05) is 4.90 Å². The van der Waals surface area contributed by atoms with Crippen molar-refractivity contribution in [2.45, 2.75) is 10.8 Å². The third kappa shape index (κ3) is 6.07. The van der Waals surface area contributed by atoms with E-state index in [0.717, 1.165) is 28.3 Å². The Hall–Kier alpha value is -10.7. The van der Waals surface area contributed by atoms with E-state index in [0.29, 0.717) is 0 Å². The van der Waals surface area contributed by atoms with Gasteiger partial charge in [0, 0.05) is 44.0 Å². The third-order valence-corrected chi connectivity index (χ3v) is 18.8. The molecule has 15 aromatic rings. The number of hydrogen-bond acceptors (Lipinski definition) is 1. The summed E-state index contributed by atoms with van der Waals surface area (Å²) in [4.78, 5) is 2.60. The fourth-order valence-corrected chi connectivity index (χ4v) is 15.7. The lowest BCUT2D eigenvalue weighted by Crippen LogP contribution is -2.33. The molecule has 0 fully saturated rings. The normalized spacial score (nSPS) is 14.9. The van der Waals surface area contributed by atoms with Crippen molar-refractivity contribution in [3.8, 4) is 44.8 Å². The third-order valence-electron chi connectivity index (χ3n) is 18.8. The van der Waals surface area contributed by atoms with Gasteiger partial charge in [-0.3, -0.25) is 0 Å². The van der Waals surface area contributed by atoms with Gasteiger partial charge in [0.25, 0.3) is 0 Å². The van der Waals surface area contributed by atoms with Crippen LogP contribution >= 0.6 is 0 Å². The summed E-state index contributed by atoms with van der Waals surface area (Å²) in [6.45, 7) is 0. The van der Waals surface area contributed by atoms with Crippen molar-refractivity contribution >= 4 is 60.7 Å². The van der Waals surface area contributed by atoms with Gasteiger partial charge in [0.05, 0.1) is 50.0 Å². The average molecular weight is 1050 g/mol. The molecule has 3 heterocycles. The quantitative estimate of drug-likeness (QED) is 0.155. The van der Waals surface area contributed by atoms with E-state index in [4.69, 9.17) is 0 Å². The second-order valence-electron chi connectivity index (χ2n) is 22.6. The lowest BCUT2D eigenvalue weighted by atomic mass is 9.65. The number of rotatable bonds is 7. The van der Waals surface area contributed by atoms with E-state index >= 15 is 0 Å². The average Bonchev–Trinajstić information content (AvgIpc) is 1.76. The lowest BCUT2D eigenvalue weighted by Gasteiger charge is -2.39. The van der Waals surface area contributed by atoms with Gasteiger partial charge in [0.1, 0.15) is 0 Å². The van der Waals surface area contributed by atoms with Crippen molar-refractivity contribution in [1.29, 1.82) is 0 Å². The van der Waals surface area contributed by atoms with Gasteiger partial charge in [-0.05, 0) is 127 Å². The number of anilines is 3. The molecule has 3 nitrogen and oxygen atoms in total. The standard InChI is InChI=1S/C80H51N3/c1-4-23-54(24-5-1)79(55-25-6-2-7-26-55)64-34-14-10-31-62(64)76-67(79)37-21-43-73(76)82(57-48-45-52(46-49-57)53-47-50-60-58-29-12-17-40-70(58)81(75(60)51-53)56-27-8-3-9-28-56)74-44-22-38-68-77(74)63-32-11-15-35-65(63)80(68)66-36-16-19-42-72(66)83-71-41-18-13-30-59(71)61-33-20-39-69(80)78(61)83/h1-51H. The molecule has 1 atom stereocenters. The number of hydrogen-bond donors (Lipinski definition) is 0. The van der Waals surface area contributed by atoms with Gasteiger partial charge in [0.15, 0.2) is 0 Å². The first kappa shape index (κ1) is 46.1. The van der Waals surface area contributed by atoms with Crippen LogP contribution in [0.15, 0.2) is 309 Å². The topological polar surface area (TPSA) is 13.1 Å². The Kier molecular flexibility index (Phi) is 9.64. The SMILES string of the molecule is c1ccc(-n2c3ccccc3c3ccc(-c4ccc(N(c5cccc6c5-c5ccccc5C6(c5ccccc5)c5ccccc5)c5cccc6c5-c5ccccc5C65c6ccccc6-n6c7ccccc7c7cccc5c76)cc4)cc32)cc1. The van der Waals surface area contributed by atoms with Crippen LogP contribution < -0.4 is 4.90 Å². The van der Waals surface area contributed by atoms with Gasteiger partial charge in [-0.1, -0.05) is 249 Å². The van der Waals surface area contributed by atoms with Crippen molar-refractivity contribution < 1.29 is 0 Å². The summed E-state index contributed by atoms with van der Waals surface area (Å²) in [5.74, 6) is 0. The van der Waals surface area contributed by atoms with Crippen LogP contribution in [0.2, 0.25) is 0 Å². The van der Waals surface area contributed by atoms with Gasteiger partial charge in [-0.25, -0.2) is 0 Å². The zero-order valence-corrected chi connectivity index (χ0v) is 45.3. The summed E-state index contributed by atoms with van der Waals surface area (Å²) in [6.07, 6.45) is 0. The first-order chi connectivity index (χ1) is 41.2. The maximum atomic E-state index is 2.60. The second kappa shape index (κ2) is 17.4. The first-order valence-corrected chi connectivity index (χ1v) is 28.9. The van der Waals surface area contributed by atoms with Crippen LogP contribution in [0.25, 0.3) is 88.4 Å². The molecule has 0 radical (unpaired) electrons. The highest BCUT2D eigenvalue weighted by Crippen LogP contribution is 2.65. The maximum Gasteiger partial charge on any atom is 0.0755 e. The fourth-order valence-electron chi connectivity index (χ4n) is 15.7. The molecular formula is C80H51N3. The highest BCUT2D eigenvalue weighted by atomic mass is 15.2. The van der Waals surface area contributed by atoms with E-state index in [1.165, 1.54) is 122 Å². The minimum atomic E-state index is -0.625. The predicted octanol–water partition coefficient (Wildman–Crippen LogP) is 20.1. The number of fused-ring (bicyclic) bond motifs is 18. The van der Waals surface area contributed by atoms with Crippen LogP contribution in [0.5, 0.6) is 0 Å². The van der Waals surface area contributed by atoms with Gasteiger partial charge in [0.2, 0.25) is 0 Å². The molecule has 2 aromatic heterocycles. The molecule has 0 saturated heterocycles. The van der Waals surface area contributed by atoms with Crippen LogP contribution in [0, 0.1) is 0 Å². The van der Waals surface area contributed by atoms with Crippen LogP contribution in [0.3, 0.4) is 0 Å². The number of aromatic nitrogens is 2. The van der Waals surface area contributed by atoms with Crippen LogP contribution in [-0.2, 0) is 10.8 Å². The van der Waals surface area contributed by atoms with E-state index in [9.17, 15) is 0 Å². The molecule has 1 unspecified atom stereocenters. The Morgan fingerprint density at radius 3 is 1.40 bits per heavy atom. The summed E-state index contributed by atoms with van der Waals surface area (Å²) in [5, 5.41) is 5.03. The number of nitrogens with zero attached hydrogens (tertiary/aromatic N) is 3. The molecule has 1 spiro atoms. The maximum absolute atomic E-state index is 2.60. The molecule has 0 saturated carbocycles.